The number of carbonyl (C=O) groups excluding carboxylic acids is 1. The number of hydrogen-bond acceptors (Lipinski definition) is 3. The van der Waals surface area contributed by atoms with Gasteiger partial charge in [-0.1, -0.05) is 18.2 Å². The van der Waals surface area contributed by atoms with Crippen molar-refractivity contribution in [3.63, 3.8) is 0 Å². The second kappa shape index (κ2) is 6.41. The van der Waals surface area contributed by atoms with E-state index in [-0.39, 0.29) is 30.5 Å². The molecule has 1 fully saturated rings. The molecule has 2 N–H and O–H groups in total. The molecule has 1 aliphatic heterocycles. The third-order valence-corrected chi connectivity index (χ3v) is 3.69. The van der Waals surface area contributed by atoms with E-state index < -0.39 is 5.97 Å². The van der Waals surface area contributed by atoms with Crippen LogP contribution in [0.5, 0.6) is 5.75 Å². The van der Waals surface area contributed by atoms with Crippen LogP contribution < -0.4 is 0 Å². The zero-order chi connectivity index (χ0) is 14.5. The van der Waals surface area contributed by atoms with Gasteiger partial charge in [-0.25, -0.2) is 0 Å². The normalized spacial score (nSPS) is 18.8. The molecule has 1 saturated heterocycles. The summed E-state index contributed by atoms with van der Waals surface area (Å²) in [4.78, 5) is 24.9. The van der Waals surface area contributed by atoms with E-state index in [0.29, 0.717) is 12.1 Å². The highest BCUT2D eigenvalue weighted by Gasteiger charge is 2.28. The molecule has 1 aromatic carbocycles. The molecule has 1 unspecified atom stereocenters. The van der Waals surface area contributed by atoms with Crippen molar-refractivity contribution in [1.82, 2.24) is 4.90 Å². The van der Waals surface area contributed by atoms with E-state index >= 15 is 0 Å². The predicted octanol–water partition coefficient (Wildman–Crippen LogP) is 1.79. The molecule has 0 aromatic heterocycles. The van der Waals surface area contributed by atoms with Gasteiger partial charge in [0.05, 0.1) is 12.8 Å². The molecule has 5 nitrogen and oxygen atoms in total. The molecule has 1 amide bonds. The van der Waals surface area contributed by atoms with Gasteiger partial charge in [-0.2, -0.15) is 0 Å². The van der Waals surface area contributed by atoms with Gasteiger partial charge in [0.25, 0.3) is 0 Å². The fraction of sp³-hybridized carbons (Fsp3) is 0.467. The Balaban J connectivity index is 2.06. The van der Waals surface area contributed by atoms with E-state index in [1.165, 1.54) is 0 Å². The van der Waals surface area contributed by atoms with Crippen LogP contribution in [0, 0.1) is 0 Å². The second-order valence-corrected chi connectivity index (χ2v) is 5.14. The zero-order valence-corrected chi connectivity index (χ0v) is 11.3. The summed E-state index contributed by atoms with van der Waals surface area (Å²) in [5, 5.41) is 18.6. The lowest BCUT2D eigenvalue weighted by molar-refractivity contribution is -0.141. The molecule has 0 aliphatic carbocycles. The van der Waals surface area contributed by atoms with Crippen LogP contribution in [0.2, 0.25) is 0 Å². The fourth-order valence-corrected chi connectivity index (χ4v) is 2.67. The highest BCUT2D eigenvalue weighted by atomic mass is 16.4. The van der Waals surface area contributed by atoms with Gasteiger partial charge >= 0.3 is 5.97 Å². The maximum absolute atomic E-state index is 12.3. The number of para-hydroxylation sites is 1. The highest BCUT2D eigenvalue weighted by molar-refractivity contribution is 5.80. The average molecular weight is 277 g/mol. The number of carboxylic acids is 1. The Kier molecular flexibility index (Phi) is 4.61. The van der Waals surface area contributed by atoms with Crippen molar-refractivity contribution in [3.8, 4) is 5.75 Å². The van der Waals surface area contributed by atoms with Crippen LogP contribution in [0.25, 0.3) is 0 Å². The Bertz CT molecular complexity index is 500. The number of phenolic OH excluding ortho intramolecular Hbond substituents is 1. The molecule has 1 heterocycles. The number of phenols is 1. The van der Waals surface area contributed by atoms with Crippen LogP contribution in [-0.2, 0) is 16.0 Å². The summed E-state index contributed by atoms with van der Waals surface area (Å²) < 4.78 is 0. The number of aliphatic carboxylic acids is 1. The van der Waals surface area contributed by atoms with E-state index in [1.54, 1.807) is 29.2 Å². The first-order valence-corrected chi connectivity index (χ1v) is 6.86. The summed E-state index contributed by atoms with van der Waals surface area (Å²) >= 11 is 0. The summed E-state index contributed by atoms with van der Waals surface area (Å²) in [5.41, 5.74) is 0.581. The Morgan fingerprint density at radius 2 is 2.00 bits per heavy atom. The molecular weight excluding hydrogens is 258 g/mol. The van der Waals surface area contributed by atoms with Gasteiger partial charge in [-0.05, 0) is 25.3 Å². The topological polar surface area (TPSA) is 77.8 Å². The molecule has 108 valence electrons. The van der Waals surface area contributed by atoms with Crippen LogP contribution in [0.3, 0.4) is 0 Å². The number of rotatable bonds is 4. The van der Waals surface area contributed by atoms with Crippen molar-refractivity contribution < 1.29 is 19.8 Å². The summed E-state index contributed by atoms with van der Waals surface area (Å²) in [6, 6.07) is 6.52. The third-order valence-electron chi connectivity index (χ3n) is 3.69. The molecular formula is C15H19NO4. The van der Waals surface area contributed by atoms with Crippen LogP contribution in [0.15, 0.2) is 24.3 Å². The number of benzene rings is 1. The van der Waals surface area contributed by atoms with Gasteiger partial charge in [-0.3, -0.25) is 9.59 Å². The predicted molar refractivity (Wildman–Crippen MR) is 73.4 cm³/mol. The second-order valence-electron chi connectivity index (χ2n) is 5.14. The smallest absolute Gasteiger partial charge is 0.305 e. The monoisotopic (exact) mass is 277 g/mol. The summed E-state index contributed by atoms with van der Waals surface area (Å²) in [5.74, 6) is -0.887. The molecule has 5 heteroatoms. The minimum Gasteiger partial charge on any atom is -0.508 e. The Morgan fingerprint density at radius 3 is 2.70 bits per heavy atom. The number of hydrogen-bond donors (Lipinski definition) is 2. The maximum Gasteiger partial charge on any atom is 0.305 e. The molecule has 20 heavy (non-hydrogen) atoms. The summed E-state index contributed by atoms with van der Waals surface area (Å²) in [6.45, 7) is 0.602. The van der Waals surface area contributed by atoms with Gasteiger partial charge in [0.2, 0.25) is 5.91 Å². The molecule has 0 bridgehead atoms. The summed E-state index contributed by atoms with van der Waals surface area (Å²) in [7, 11) is 0. The maximum atomic E-state index is 12.3. The van der Waals surface area contributed by atoms with Gasteiger partial charge in [-0.15, -0.1) is 0 Å². The van der Waals surface area contributed by atoms with Crippen LogP contribution in [0.1, 0.15) is 31.2 Å². The number of likely N-dealkylation sites (tertiary alicyclic amines) is 1. The van der Waals surface area contributed by atoms with E-state index in [1.807, 2.05) is 0 Å². The minimum absolute atomic E-state index is 0.00743. The Hall–Kier alpha value is -2.04. The average Bonchev–Trinajstić information content (AvgIpc) is 2.41. The zero-order valence-electron chi connectivity index (χ0n) is 11.3. The van der Waals surface area contributed by atoms with Gasteiger partial charge in [0.1, 0.15) is 5.75 Å². The van der Waals surface area contributed by atoms with Gasteiger partial charge < -0.3 is 15.1 Å². The first-order valence-electron chi connectivity index (χ1n) is 6.86. The van der Waals surface area contributed by atoms with Crippen molar-refractivity contribution >= 4 is 11.9 Å². The SMILES string of the molecule is O=C(O)CC1CCCCN1C(=O)Cc1ccccc1O. The van der Waals surface area contributed by atoms with Crippen molar-refractivity contribution in [2.24, 2.45) is 0 Å². The van der Waals surface area contributed by atoms with Gasteiger partial charge in [0.15, 0.2) is 0 Å². The standard InChI is InChI=1S/C15H19NO4/c17-13-7-2-1-5-11(13)9-14(18)16-8-4-3-6-12(16)10-15(19)20/h1-2,5,7,12,17H,3-4,6,8-10H2,(H,19,20). The number of carbonyl (C=O) groups is 2. The first-order chi connectivity index (χ1) is 9.58. The minimum atomic E-state index is -0.878. The number of carboxylic acid groups (broad SMARTS) is 1. The highest BCUT2D eigenvalue weighted by Crippen LogP contribution is 2.23. The summed E-state index contributed by atoms with van der Waals surface area (Å²) in [6.07, 6.45) is 2.70. The molecule has 1 aromatic rings. The molecule has 1 aliphatic rings. The molecule has 1 atom stereocenters. The van der Waals surface area contributed by atoms with Crippen LogP contribution in [-0.4, -0.2) is 39.6 Å². The third kappa shape index (κ3) is 3.50. The number of amides is 1. The van der Waals surface area contributed by atoms with Crippen LogP contribution >= 0.6 is 0 Å². The molecule has 0 saturated carbocycles. The molecule has 0 radical (unpaired) electrons. The lowest BCUT2D eigenvalue weighted by Gasteiger charge is -2.35. The Morgan fingerprint density at radius 1 is 1.25 bits per heavy atom. The van der Waals surface area contributed by atoms with Crippen molar-refractivity contribution in [2.45, 2.75) is 38.1 Å². The van der Waals surface area contributed by atoms with Crippen molar-refractivity contribution in [3.05, 3.63) is 29.8 Å². The van der Waals surface area contributed by atoms with Crippen molar-refractivity contribution in [1.29, 1.82) is 0 Å². The first kappa shape index (κ1) is 14.4. The van der Waals surface area contributed by atoms with E-state index in [9.17, 15) is 14.7 Å². The van der Waals surface area contributed by atoms with E-state index in [0.717, 1.165) is 19.3 Å². The largest absolute Gasteiger partial charge is 0.508 e. The quantitative estimate of drug-likeness (QED) is 0.879. The lowest BCUT2D eigenvalue weighted by Crippen LogP contribution is -2.45. The molecule has 2 rings (SSSR count). The Labute approximate surface area is 117 Å². The lowest BCUT2D eigenvalue weighted by atomic mass is 9.98. The van der Waals surface area contributed by atoms with Crippen molar-refractivity contribution in [2.75, 3.05) is 6.54 Å². The molecule has 0 spiro atoms. The number of piperidine rings is 1. The number of nitrogens with zero attached hydrogens (tertiary/aromatic N) is 1. The van der Waals surface area contributed by atoms with E-state index in [4.69, 9.17) is 5.11 Å². The van der Waals surface area contributed by atoms with E-state index in [2.05, 4.69) is 0 Å². The van der Waals surface area contributed by atoms with Crippen LogP contribution in [0.4, 0.5) is 0 Å². The number of aromatic hydroxyl groups is 1. The fourth-order valence-electron chi connectivity index (χ4n) is 2.67. The van der Waals surface area contributed by atoms with Gasteiger partial charge in [0, 0.05) is 18.2 Å².